The monoisotopic (exact) mass is 484 g/mol. The number of carbonyl (C=O) groups is 2. The summed E-state index contributed by atoms with van der Waals surface area (Å²) >= 11 is 0. The van der Waals surface area contributed by atoms with E-state index in [1.807, 2.05) is 63.5 Å². The molecule has 0 saturated heterocycles. The minimum absolute atomic E-state index is 0.228. The number of nitrogens with zero attached hydrogens (tertiary/aromatic N) is 6. The van der Waals surface area contributed by atoms with Crippen molar-refractivity contribution in [3.8, 4) is 0 Å². The Morgan fingerprint density at radius 3 is 1.72 bits per heavy atom. The minimum atomic E-state index is -0.283. The zero-order valence-corrected chi connectivity index (χ0v) is 20.5. The van der Waals surface area contributed by atoms with Crippen LogP contribution in [0.3, 0.4) is 0 Å². The van der Waals surface area contributed by atoms with E-state index in [2.05, 4.69) is 37.3 Å². The van der Waals surface area contributed by atoms with Crippen molar-refractivity contribution >= 4 is 11.8 Å². The lowest BCUT2D eigenvalue weighted by molar-refractivity contribution is 0.0950. The van der Waals surface area contributed by atoms with E-state index in [-0.39, 0.29) is 30.3 Å². The van der Waals surface area contributed by atoms with Gasteiger partial charge in [0.15, 0.2) is 0 Å². The van der Waals surface area contributed by atoms with Gasteiger partial charge in [-0.15, -0.1) is 10.2 Å². The molecule has 2 amide bonds. The Morgan fingerprint density at radius 2 is 1.25 bits per heavy atom. The summed E-state index contributed by atoms with van der Waals surface area (Å²) in [6.07, 6.45) is 3.64. The van der Waals surface area contributed by atoms with Crippen LogP contribution in [0, 0.1) is 0 Å². The number of aromatic nitrogens is 6. The third-order valence-electron chi connectivity index (χ3n) is 6.04. The smallest absolute Gasteiger partial charge is 0.251 e. The fourth-order valence-electron chi connectivity index (χ4n) is 4.06. The number of rotatable bonds is 0. The van der Waals surface area contributed by atoms with Gasteiger partial charge in [0.1, 0.15) is 11.4 Å². The maximum Gasteiger partial charge on any atom is 0.251 e. The first kappa shape index (κ1) is 23.4. The molecule has 0 fully saturated rings. The molecule has 8 bridgehead atoms. The summed E-state index contributed by atoms with van der Waals surface area (Å²) in [4.78, 5) is 26.1. The number of hydrogen-bond acceptors (Lipinski definition) is 6. The van der Waals surface area contributed by atoms with Gasteiger partial charge in [-0.3, -0.25) is 9.59 Å². The van der Waals surface area contributed by atoms with Crippen LogP contribution in [-0.4, -0.2) is 41.8 Å². The molecule has 1 aliphatic heterocycles. The van der Waals surface area contributed by atoms with Gasteiger partial charge in [-0.2, -0.15) is 0 Å². The van der Waals surface area contributed by atoms with E-state index in [1.54, 1.807) is 15.4 Å². The Kier molecular flexibility index (Phi) is 6.09. The topological polar surface area (TPSA) is 120 Å². The molecule has 0 atom stereocenters. The molecule has 5 rings (SSSR count). The van der Waals surface area contributed by atoms with Crippen molar-refractivity contribution in [1.82, 2.24) is 40.6 Å². The number of carbonyl (C=O) groups excluding carboxylic acids is 2. The van der Waals surface area contributed by atoms with E-state index in [4.69, 9.17) is 0 Å². The van der Waals surface area contributed by atoms with Crippen LogP contribution in [0.1, 0.15) is 69.6 Å². The summed E-state index contributed by atoms with van der Waals surface area (Å²) in [5.41, 5.74) is 4.90. The molecule has 3 heterocycles. The van der Waals surface area contributed by atoms with Gasteiger partial charge in [0.2, 0.25) is 0 Å². The van der Waals surface area contributed by atoms with E-state index in [0.29, 0.717) is 35.6 Å². The Hall–Kier alpha value is -4.34. The second-order valence-corrected chi connectivity index (χ2v) is 10.0. The van der Waals surface area contributed by atoms with Crippen molar-refractivity contribution in [1.29, 1.82) is 0 Å². The van der Waals surface area contributed by atoms with Crippen molar-refractivity contribution in [2.75, 3.05) is 0 Å². The molecule has 1 aliphatic rings. The maximum atomic E-state index is 13.0. The van der Waals surface area contributed by atoms with Gasteiger partial charge in [0, 0.05) is 11.1 Å². The quantitative estimate of drug-likeness (QED) is 0.396. The van der Waals surface area contributed by atoms with Crippen molar-refractivity contribution in [3.05, 3.63) is 94.1 Å². The molecule has 10 nitrogen and oxygen atoms in total. The second-order valence-electron chi connectivity index (χ2n) is 10.0. The summed E-state index contributed by atoms with van der Waals surface area (Å²) in [6, 6.07) is 13.4. The van der Waals surface area contributed by atoms with Crippen LogP contribution in [0.4, 0.5) is 0 Å². The molecule has 0 unspecified atom stereocenters. The molecule has 0 aliphatic carbocycles. The molecule has 0 radical (unpaired) electrons. The number of benzene rings is 2. The summed E-state index contributed by atoms with van der Waals surface area (Å²) in [6.45, 7) is 7.70. The molecule has 2 N–H and O–H groups in total. The van der Waals surface area contributed by atoms with Crippen LogP contribution >= 0.6 is 0 Å². The molecule has 4 aromatic rings. The second kappa shape index (κ2) is 9.37. The minimum Gasteiger partial charge on any atom is -0.346 e. The highest BCUT2D eigenvalue weighted by molar-refractivity contribution is 6.00. The standard InChI is InChI=1S/C26H28N8O2/c1-26(2,3)21-9-19-8-20(10-21)25(36)28-12-23-16-34(32-30-23)14-18-6-4-5-17(7-18)13-33-15-22(29-31-33)11-27-24(19)35/h4-10,15-16H,11-14H2,1-3H3,(H,27,35)(H,28,36). The van der Waals surface area contributed by atoms with Gasteiger partial charge >= 0.3 is 0 Å². The third kappa shape index (κ3) is 5.32. The molecule has 2 aromatic carbocycles. The van der Waals surface area contributed by atoms with Crippen LogP contribution in [0.2, 0.25) is 0 Å². The Morgan fingerprint density at radius 1 is 0.750 bits per heavy atom. The Balaban J connectivity index is 1.49. The van der Waals surface area contributed by atoms with Gasteiger partial charge < -0.3 is 10.6 Å². The molecular formula is C26H28N8O2. The first-order valence-corrected chi connectivity index (χ1v) is 11.8. The first-order chi connectivity index (χ1) is 17.2. The number of fused-ring (bicyclic) bond motifs is 8. The highest BCUT2D eigenvalue weighted by Crippen LogP contribution is 2.25. The van der Waals surface area contributed by atoms with E-state index in [1.165, 1.54) is 0 Å². The number of hydrogen-bond donors (Lipinski definition) is 2. The fourth-order valence-corrected chi connectivity index (χ4v) is 4.06. The van der Waals surface area contributed by atoms with Gasteiger partial charge in [-0.05, 0) is 40.3 Å². The molecule has 10 heteroatoms. The first-order valence-electron chi connectivity index (χ1n) is 11.8. The van der Waals surface area contributed by atoms with Crippen molar-refractivity contribution < 1.29 is 9.59 Å². The van der Waals surface area contributed by atoms with Crippen LogP contribution < -0.4 is 10.6 Å². The lowest BCUT2D eigenvalue weighted by atomic mass is 9.85. The molecular weight excluding hydrogens is 456 g/mol. The Labute approximate surface area is 208 Å². The van der Waals surface area contributed by atoms with Crippen molar-refractivity contribution in [2.45, 2.75) is 52.4 Å². The predicted molar refractivity (Wildman–Crippen MR) is 132 cm³/mol. The van der Waals surface area contributed by atoms with Crippen LogP contribution in [-0.2, 0) is 31.6 Å². The van der Waals surface area contributed by atoms with Gasteiger partial charge in [-0.1, -0.05) is 55.5 Å². The molecule has 0 saturated carbocycles. The summed E-state index contributed by atoms with van der Waals surface area (Å²) in [5.74, 6) is -0.565. The van der Waals surface area contributed by atoms with Crippen LogP contribution in [0.5, 0.6) is 0 Å². The fraction of sp³-hybridized carbons (Fsp3) is 0.308. The third-order valence-corrected chi connectivity index (χ3v) is 6.04. The highest BCUT2D eigenvalue weighted by atomic mass is 16.2. The molecule has 36 heavy (non-hydrogen) atoms. The zero-order valence-electron chi connectivity index (χ0n) is 20.5. The van der Waals surface area contributed by atoms with Gasteiger partial charge in [-0.25, -0.2) is 9.36 Å². The number of nitrogens with one attached hydrogen (secondary N) is 2. The lowest BCUT2D eigenvalue weighted by Gasteiger charge is -2.21. The average molecular weight is 485 g/mol. The van der Waals surface area contributed by atoms with Crippen LogP contribution in [0.15, 0.2) is 54.9 Å². The lowest BCUT2D eigenvalue weighted by Crippen LogP contribution is -2.27. The SMILES string of the molecule is CC(C)(C)c1cc2cc(c1)C(=O)NCc1cn(nn1)Cc1cccc(c1)Cn1cc(nn1)CNC2=O. The summed E-state index contributed by atoms with van der Waals surface area (Å²) in [7, 11) is 0. The van der Waals surface area contributed by atoms with Gasteiger partial charge in [0.05, 0.1) is 38.6 Å². The largest absolute Gasteiger partial charge is 0.346 e. The van der Waals surface area contributed by atoms with E-state index < -0.39 is 0 Å². The zero-order chi connectivity index (χ0) is 25.3. The summed E-state index contributed by atoms with van der Waals surface area (Å²) in [5, 5.41) is 22.6. The van der Waals surface area contributed by atoms with Crippen molar-refractivity contribution in [2.24, 2.45) is 0 Å². The Bertz CT molecular complexity index is 1340. The maximum absolute atomic E-state index is 13.0. The molecule has 2 aromatic heterocycles. The predicted octanol–water partition coefficient (Wildman–Crippen LogP) is 2.44. The van der Waals surface area contributed by atoms with E-state index in [0.717, 1.165) is 16.7 Å². The normalized spacial score (nSPS) is 14.6. The molecule has 0 spiro atoms. The van der Waals surface area contributed by atoms with Crippen molar-refractivity contribution in [3.63, 3.8) is 0 Å². The summed E-state index contributed by atoms with van der Waals surface area (Å²) < 4.78 is 3.49. The number of amides is 2. The molecule has 184 valence electrons. The van der Waals surface area contributed by atoms with E-state index in [9.17, 15) is 9.59 Å². The van der Waals surface area contributed by atoms with E-state index >= 15 is 0 Å². The average Bonchev–Trinajstić information content (AvgIpc) is 3.49. The highest BCUT2D eigenvalue weighted by Gasteiger charge is 2.20. The van der Waals surface area contributed by atoms with Gasteiger partial charge in [0.25, 0.3) is 11.8 Å². The van der Waals surface area contributed by atoms with Crippen LogP contribution in [0.25, 0.3) is 0 Å².